The molecule has 3 rings (SSSR count). The molecule has 0 aliphatic carbocycles. The molecule has 1 amide bonds. The topological polar surface area (TPSA) is 88.5 Å². The van der Waals surface area contributed by atoms with Crippen LogP contribution in [0, 0.1) is 0 Å². The lowest BCUT2D eigenvalue weighted by atomic mass is 10.3. The number of thiazole rings is 1. The van der Waals surface area contributed by atoms with Crippen LogP contribution in [0.2, 0.25) is 0 Å². The zero-order chi connectivity index (χ0) is 21.2. The number of aromatic nitrogens is 1. The normalized spacial score (nSPS) is 11.6. The molecule has 0 spiro atoms. The number of nitrogens with one attached hydrogen (secondary N) is 1. The standard InChI is InChI=1S/C19H21N3O4S3/c1-4-21-16-9-8-13(10-17(16)28-19(21)24)20-18(23)12-22(29(3,25)26)14-6-5-7-15(11-14)27-2/h5-11H,4,12H2,1-3H3,(H,20,23). The third-order valence-electron chi connectivity index (χ3n) is 4.30. The van der Waals surface area contributed by atoms with E-state index in [1.165, 1.54) is 11.8 Å². The molecule has 2 aromatic carbocycles. The summed E-state index contributed by atoms with van der Waals surface area (Å²) in [5, 5.41) is 2.73. The van der Waals surface area contributed by atoms with Crippen molar-refractivity contribution in [3.63, 3.8) is 0 Å². The molecule has 0 saturated heterocycles. The summed E-state index contributed by atoms with van der Waals surface area (Å²) in [4.78, 5) is 25.4. The fraction of sp³-hybridized carbons (Fsp3) is 0.263. The molecule has 154 valence electrons. The molecule has 0 aliphatic rings. The van der Waals surface area contributed by atoms with E-state index in [1.54, 1.807) is 41.0 Å². The number of amides is 1. The molecule has 29 heavy (non-hydrogen) atoms. The predicted octanol–water partition coefficient (Wildman–Crippen LogP) is 3.21. The van der Waals surface area contributed by atoms with Crippen molar-refractivity contribution in [1.82, 2.24) is 4.57 Å². The Balaban J connectivity index is 1.83. The Morgan fingerprint density at radius 3 is 2.66 bits per heavy atom. The number of thioether (sulfide) groups is 1. The van der Waals surface area contributed by atoms with Gasteiger partial charge in [-0.05, 0) is 49.6 Å². The Hall–Kier alpha value is -2.30. The van der Waals surface area contributed by atoms with Crippen molar-refractivity contribution in [3.05, 3.63) is 52.1 Å². The zero-order valence-corrected chi connectivity index (χ0v) is 18.7. The van der Waals surface area contributed by atoms with Crippen LogP contribution in [-0.2, 0) is 21.4 Å². The van der Waals surface area contributed by atoms with Crippen molar-refractivity contribution in [1.29, 1.82) is 0 Å². The van der Waals surface area contributed by atoms with E-state index in [-0.39, 0.29) is 11.4 Å². The summed E-state index contributed by atoms with van der Waals surface area (Å²) in [6.07, 6.45) is 2.97. The first-order chi connectivity index (χ1) is 13.7. The van der Waals surface area contributed by atoms with Gasteiger partial charge in [-0.3, -0.25) is 18.5 Å². The average molecular weight is 452 g/mol. The largest absolute Gasteiger partial charge is 0.324 e. The fourth-order valence-corrected chi connectivity index (χ4v) is 5.24. The van der Waals surface area contributed by atoms with Gasteiger partial charge in [0.25, 0.3) is 0 Å². The first-order valence-electron chi connectivity index (χ1n) is 8.78. The third kappa shape index (κ3) is 4.82. The molecule has 0 fully saturated rings. The number of hydrogen-bond acceptors (Lipinski definition) is 6. The maximum absolute atomic E-state index is 12.6. The van der Waals surface area contributed by atoms with E-state index in [1.807, 2.05) is 19.2 Å². The van der Waals surface area contributed by atoms with Crippen molar-refractivity contribution >= 4 is 60.6 Å². The van der Waals surface area contributed by atoms with E-state index < -0.39 is 15.9 Å². The Labute approximate surface area is 177 Å². The van der Waals surface area contributed by atoms with Gasteiger partial charge in [-0.1, -0.05) is 17.4 Å². The quantitative estimate of drug-likeness (QED) is 0.557. The molecule has 3 aromatic rings. The summed E-state index contributed by atoms with van der Waals surface area (Å²) in [5.41, 5.74) is 1.76. The number of hydrogen-bond donors (Lipinski definition) is 1. The molecule has 10 heteroatoms. The highest BCUT2D eigenvalue weighted by Gasteiger charge is 2.21. The molecule has 1 N–H and O–H groups in total. The van der Waals surface area contributed by atoms with Gasteiger partial charge in [-0.25, -0.2) is 8.42 Å². The second-order valence-corrected chi connectivity index (χ2v) is 10.1. The zero-order valence-electron chi connectivity index (χ0n) is 16.2. The van der Waals surface area contributed by atoms with Crippen molar-refractivity contribution in [3.8, 4) is 0 Å². The van der Waals surface area contributed by atoms with Crippen LogP contribution in [0.5, 0.6) is 0 Å². The van der Waals surface area contributed by atoms with Gasteiger partial charge in [0, 0.05) is 17.1 Å². The van der Waals surface area contributed by atoms with Crippen LogP contribution in [0.4, 0.5) is 11.4 Å². The number of aryl methyl sites for hydroxylation is 1. The summed E-state index contributed by atoms with van der Waals surface area (Å²) < 4.78 is 28.0. The molecule has 0 saturated carbocycles. The second kappa shape index (κ2) is 8.60. The van der Waals surface area contributed by atoms with Crippen molar-refractivity contribution < 1.29 is 13.2 Å². The summed E-state index contributed by atoms with van der Waals surface area (Å²) in [6.45, 7) is 2.12. The smallest absolute Gasteiger partial charge is 0.308 e. The minimum atomic E-state index is -3.65. The maximum Gasteiger partial charge on any atom is 0.308 e. The molecule has 1 aromatic heterocycles. The van der Waals surface area contributed by atoms with Gasteiger partial charge in [0.1, 0.15) is 6.54 Å². The van der Waals surface area contributed by atoms with Crippen LogP contribution in [0.15, 0.2) is 52.2 Å². The highest BCUT2D eigenvalue weighted by molar-refractivity contribution is 7.98. The highest BCUT2D eigenvalue weighted by atomic mass is 32.2. The molecule has 0 atom stereocenters. The third-order valence-corrected chi connectivity index (χ3v) is 7.10. The molecule has 0 bridgehead atoms. The fourth-order valence-electron chi connectivity index (χ4n) is 2.94. The molecule has 0 unspecified atom stereocenters. The van der Waals surface area contributed by atoms with E-state index in [2.05, 4.69) is 5.32 Å². The van der Waals surface area contributed by atoms with Crippen LogP contribution < -0.4 is 14.5 Å². The minimum Gasteiger partial charge on any atom is -0.324 e. The molecule has 1 heterocycles. The Kier molecular flexibility index (Phi) is 6.35. The van der Waals surface area contributed by atoms with Crippen LogP contribution in [0.25, 0.3) is 10.2 Å². The minimum absolute atomic E-state index is 0.0529. The van der Waals surface area contributed by atoms with E-state index >= 15 is 0 Å². The molecule has 0 radical (unpaired) electrons. The number of nitrogens with zero attached hydrogens (tertiary/aromatic N) is 2. The Bertz CT molecular complexity index is 1210. The number of anilines is 2. The molecule has 0 aliphatic heterocycles. The Morgan fingerprint density at radius 1 is 1.24 bits per heavy atom. The number of carbonyl (C=O) groups excluding carboxylic acids is 1. The van der Waals surface area contributed by atoms with E-state index in [4.69, 9.17) is 0 Å². The summed E-state index contributed by atoms with van der Waals surface area (Å²) in [7, 11) is -3.65. The van der Waals surface area contributed by atoms with Crippen LogP contribution in [-0.4, -0.2) is 37.9 Å². The lowest BCUT2D eigenvalue weighted by Gasteiger charge is -2.22. The predicted molar refractivity (Wildman–Crippen MR) is 121 cm³/mol. The van der Waals surface area contributed by atoms with Crippen LogP contribution >= 0.6 is 23.1 Å². The van der Waals surface area contributed by atoms with Gasteiger partial charge < -0.3 is 5.32 Å². The van der Waals surface area contributed by atoms with Crippen LogP contribution in [0.1, 0.15) is 6.92 Å². The lowest BCUT2D eigenvalue weighted by molar-refractivity contribution is -0.114. The number of rotatable bonds is 7. The van der Waals surface area contributed by atoms with Gasteiger partial charge >= 0.3 is 4.87 Å². The molecular weight excluding hydrogens is 430 g/mol. The number of carbonyl (C=O) groups is 1. The van der Waals surface area contributed by atoms with Gasteiger partial charge in [0.15, 0.2) is 0 Å². The van der Waals surface area contributed by atoms with E-state index in [9.17, 15) is 18.0 Å². The number of fused-ring (bicyclic) bond motifs is 1. The van der Waals surface area contributed by atoms with Gasteiger partial charge in [0.05, 0.1) is 22.2 Å². The molecular formula is C19H21N3O4S3. The number of sulfonamides is 1. The Morgan fingerprint density at radius 2 is 2.00 bits per heavy atom. The maximum atomic E-state index is 12.6. The lowest BCUT2D eigenvalue weighted by Crippen LogP contribution is -2.37. The van der Waals surface area contributed by atoms with Crippen LogP contribution in [0.3, 0.4) is 0 Å². The first-order valence-corrected chi connectivity index (χ1v) is 12.7. The first kappa shape index (κ1) is 21.4. The summed E-state index contributed by atoms with van der Waals surface area (Å²) in [6, 6.07) is 12.2. The second-order valence-electron chi connectivity index (χ2n) is 6.31. The van der Waals surface area contributed by atoms with Crippen molar-refractivity contribution in [2.45, 2.75) is 18.4 Å². The number of benzene rings is 2. The van der Waals surface area contributed by atoms with E-state index in [0.29, 0.717) is 17.9 Å². The van der Waals surface area contributed by atoms with Gasteiger partial charge in [-0.2, -0.15) is 0 Å². The summed E-state index contributed by atoms with van der Waals surface area (Å²) >= 11 is 2.60. The van der Waals surface area contributed by atoms with Crippen molar-refractivity contribution in [2.75, 3.05) is 28.7 Å². The monoisotopic (exact) mass is 451 g/mol. The SMILES string of the molecule is CCn1c(=O)sc2cc(NC(=O)CN(c3cccc(SC)c3)S(C)(=O)=O)ccc21. The average Bonchev–Trinajstić information content (AvgIpc) is 2.99. The van der Waals surface area contributed by atoms with E-state index in [0.717, 1.165) is 37.0 Å². The summed E-state index contributed by atoms with van der Waals surface area (Å²) in [5.74, 6) is -0.466. The van der Waals surface area contributed by atoms with Crippen molar-refractivity contribution in [2.24, 2.45) is 0 Å². The molecule has 7 nitrogen and oxygen atoms in total. The van der Waals surface area contributed by atoms with Gasteiger partial charge in [-0.15, -0.1) is 11.8 Å². The highest BCUT2D eigenvalue weighted by Crippen LogP contribution is 2.25. The van der Waals surface area contributed by atoms with Gasteiger partial charge in [0.2, 0.25) is 15.9 Å².